The van der Waals surface area contributed by atoms with Crippen molar-refractivity contribution in [1.82, 2.24) is 4.98 Å². The number of nitrogens with zero attached hydrogens (tertiary/aromatic N) is 1. The minimum atomic E-state index is 0.828. The van der Waals surface area contributed by atoms with Gasteiger partial charge in [-0.1, -0.05) is 0 Å². The Morgan fingerprint density at radius 2 is 2.25 bits per heavy atom. The SMILES string of the molecule is CNc1ccc(-c2ncc(Br)s2)c(OC)c1. The molecule has 84 valence electrons. The highest BCUT2D eigenvalue weighted by molar-refractivity contribution is 9.11. The van der Waals surface area contributed by atoms with Crippen LogP contribution in [0.5, 0.6) is 5.75 Å². The van der Waals surface area contributed by atoms with Gasteiger partial charge in [-0.25, -0.2) is 4.98 Å². The summed E-state index contributed by atoms with van der Waals surface area (Å²) in [5, 5.41) is 4.03. The molecule has 1 N–H and O–H groups in total. The molecule has 2 rings (SSSR count). The van der Waals surface area contributed by atoms with Gasteiger partial charge >= 0.3 is 0 Å². The maximum absolute atomic E-state index is 5.36. The molecule has 0 spiro atoms. The predicted octanol–water partition coefficient (Wildman–Crippen LogP) is 3.62. The number of halogens is 1. The topological polar surface area (TPSA) is 34.2 Å². The van der Waals surface area contributed by atoms with Crippen LogP contribution in [0.25, 0.3) is 10.6 Å². The Morgan fingerprint density at radius 1 is 1.44 bits per heavy atom. The number of aromatic nitrogens is 1. The van der Waals surface area contributed by atoms with Crippen molar-refractivity contribution in [2.24, 2.45) is 0 Å². The molecule has 0 atom stereocenters. The van der Waals surface area contributed by atoms with Crippen LogP contribution in [-0.2, 0) is 0 Å². The molecule has 0 unspecified atom stereocenters. The molecular formula is C11H11BrN2OS. The summed E-state index contributed by atoms with van der Waals surface area (Å²) in [5.41, 5.74) is 2.04. The highest BCUT2D eigenvalue weighted by Gasteiger charge is 2.10. The van der Waals surface area contributed by atoms with E-state index in [0.29, 0.717) is 0 Å². The van der Waals surface area contributed by atoms with Gasteiger partial charge in [-0.15, -0.1) is 11.3 Å². The first-order chi connectivity index (χ1) is 7.74. The molecule has 0 saturated carbocycles. The number of nitrogens with one attached hydrogen (secondary N) is 1. The Balaban J connectivity index is 2.48. The van der Waals surface area contributed by atoms with E-state index in [4.69, 9.17) is 4.74 Å². The van der Waals surface area contributed by atoms with Crippen molar-refractivity contribution in [2.75, 3.05) is 19.5 Å². The zero-order valence-electron chi connectivity index (χ0n) is 8.95. The summed E-state index contributed by atoms with van der Waals surface area (Å²) < 4.78 is 6.38. The molecule has 0 radical (unpaired) electrons. The number of methoxy groups -OCH3 is 1. The van der Waals surface area contributed by atoms with Crippen molar-refractivity contribution >= 4 is 33.0 Å². The summed E-state index contributed by atoms with van der Waals surface area (Å²) >= 11 is 5.00. The third kappa shape index (κ3) is 2.20. The molecule has 0 aliphatic rings. The van der Waals surface area contributed by atoms with Gasteiger partial charge in [0.2, 0.25) is 0 Å². The highest BCUT2D eigenvalue weighted by Crippen LogP contribution is 2.36. The van der Waals surface area contributed by atoms with Crippen molar-refractivity contribution in [2.45, 2.75) is 0 Å². The van der Waals surface area contributed by atoms with Crippen LogP contribution in [0.2, 0.25) is 0 Å². The van der Waals surface area contributed by atoms with Crippen molar-refractivity contribution in [3.05, 3.63) is 28.2 Å². The third-order valence-electron chi connectivity index (χ3n) is 2.20. The number of thiazole rings is 1. The number of ether oxygens (including phenoxy) is 1. The van der Waals surface area contributed by atoms with Crippen LogP contribution in [0, 0.1) is 0 Å². The monoisotopic (exact) mass is 298 g/mol. The second-order valence-electron chi connectivity index (χ2n) is 3.13. The zero-order valence-corrected chi connectivity index (χ0v) is 11.4. The summed E-state index contributed by atoms with van der Waals surface area (Å²) in [6.07, 6.45) is 1.80. The molecule has 5 heteroatoms. The number of benzene rings is 1. The van der Waals surface area contributed by atoms with Crippen LogP contribution in [0.4, 0.5) is 5.69 Å². The zero-order chi connectivity index (χ0) is 11.5. The van der Waals surface area contributed by atoms with E-state index >= 15 is 0 Å². The lowest BCUT2D eigenvalue weighted by Gasteiger charge is -2.08. The Bertz CT molecular complexity index is 498. The first kappa shape index (κ1) is 11.4. The molecule has 0 aliphatic heterocycles. The van der Waals surface area contributed by atoms with Crippen LogP contribution in [0.15, 0.2) is 28.2 Å². The number of hydrogen-bond donors (Lipinski definition) is 1. The van der Waals surface area contributed by atoms with E-state index in [9.17, 15) is 0 Å². The van der Waals surface area contributed by atoms with Crippen LogP contribution in [0.1, 0.15) is 0 Å². The van der Waals surface area contributed by atoms with E-state index in [1.807, 2.05) is 25.2 Å². The van der Waals surface area contributed by atoms with E-state index in [1.165, 1.54) is 0 Å². The lowest BCUT2D eigenvalue weighted by molar-refractivity contribution is 0.416. The largest absolute Gasteiger partial charge is 0.496 e. The van der Waals surface area contributed by atoms with E-state index < -0.39 is 0 Å². The first-order valence-electron chi connectivity index (χ1n) is 4.72. The minimum absolute atomic E-state index is 0.828. The summed E-state index contributed by atoms with van der Waals surface area (Å²) in [7, 11) is 3.55. The molecule has 0 saturated heterocycles. The van der Waals surface area contributed by atoms with Crippen LogP contribution in [0.3, 0.4) is 0 Å². The van der Waals surface area contributed by atoms with Gasteiger partial charge in [-0.05, 0) is 28.1 Å². The van der Waals surface area contributed by atoms with Gasteiger partial charge in [-0.2, -0.15) is 0 Å². The Kier molecular flexibility index (Phi) is 3.46. The van der Waals surface area contributed by atoms with Gasteiger partial charge in [-0.3, -0.25) is 0 Å². The standard InChI is InChI=1S/C11H11BrN2OS/c1-13-7-3-4-8(9(5-7)15-2)11-14-6-10(12)16-11/h3-6,13H,1-2H3. The molecule has 1 heterocycles. The fourth-order valence-electron chi connectivity index (χ4n) is 1.40. The molecule has 1 aromatic carbocycles. The van der Waals surface area contributed by atoms with Crippen LogP contribution < -0.4 is 10.1 Å². The second-order valence-corrected chi connectivity index (χ2v) is 5.54. The van der Waals surface area contributed by atoms with E-state index in [-0.39, 0.29) is 0 Å². The molecule has 16 heavy (non-hydrogen) atoms. The summed E-state index contributed by atoms with van der Waals surface area (Å²) in [5.74, 6) is 0.828. The second kappa shape index (κ2) is 4.84. The molecule has 2 aromatic rings. The van der Waals surface area contributed by atoms with E-state index in [1.54, 1.807) is 24.6 Å². The average molecular weight is 299 g/mol. The number of anilines is 1. The van der Waals surface area contributed by atoms with Crippen molar-refractivity contribution in [3.63, 3.8) is 0 Å². The van der Waals surface area contributed by atoms with Crippen LogP contribution >= 0.6 is 27.3 Å². The first-order valence-corrected chi connectivity index (χ1v) is 6.33. The smallest absolute Gasteiger partial charge is 0.131 e. The molecule has 0 bridgehead atoms. The molecule has 0 fully saturated rings. The Morgan fingerprint density at radius 3 is 2.81 bits per heavy atom. The molecule has 0 amide bonds. The third-order valence-corrected chi connectivity index (χ3v) is 3.71. The van der Waals surface area contributed by atoms with Crippen molar-refractivity contribution in [3.8, 4) is 16.3 Å². The summed E-state index contributed by atoms with van der Waals surface area (Å²) in [4.78, 5) is 4.32. The molecular weight excluding hydrogens is 288 g/mol. The summed E-state index contributed by atoms with van der Waals surface area (Å²) in [6.45, 7) is 0. The van der Waals surface area contributed by atoms with E-state index in [2.05, 4.69) is 26.2 Å². The molecule has 0 aliphatic carbocycles. The average Bonchev–Trinajstić information content (AvgIpc) is 2.74. The highest BCUT2D eigenvalue weighted by atomic mass is 79.9. The van der Waals surface area contributed by atoms with Gasteiger partial charge in [0.1, 0.15) is 10.8 Å². The fourth-order valence-corrected chi connectivity index (χ4v) is 2.64. The van der Waals surface area contributed by atoms with E-state index in [0.717, 1.165) is 25.8 Å². The Labute approximate surface area is 107 Å². The minimum Gasteiger partial charge on any atom is -0.496 e. The van der Waals surface area contributed by atoms with Gasteiger partial charge in [0, 0.05) is 18.8 Å². The van der Waals surface area contributed by atoms with Gasteiger partial charge in [0.15, 0.2) is 0 Å². The number of rotatable bonds is 3. The predicted molar refractivity (Wildman–Crippen MR) is 71.3 cm³/mol. The van der Waals surface area contributed by atoms with Crippen molar-refractivity contribution in [1.29, 1.82) is 0 Å². The molecule has 3 nitrogen and oxygen atoms in total. The summed E-state index contributed by atoms with van der Waals surface area (Å²) in [6, 6.07) is 5.98. The normalized spacial score (nSPS) is 10.2. The fraction of sp³-hybridized carbons (Fsp3) is 0.182. The lowest BCUT2D eigenvalue weighted by atomic mass is 10.2. The maximum atomic E-state index is 5.36. The van der Waals surface area contributed by atoms with Gasteiger partial charge in [0.05, 0.1) is 22.7 Å². The lowest BCUT2D eigenvalue weighted by Crippen LogP contribution is -1.92. The van der Waals surface area contributed by atoms with Crippen molar-refractivity contribution < 1.29 is 4.74 Å². The van der Waals surface area contributed by atoms with Gasteiger partial charge in [0.25, 0.3) is 0 Å². The number of hydrogen-bond acceptors (Lipinski definition) is 4. The Hall–Kier alpha value is -1.07. The quantitative estimate of drug-likeness (QED) is 0.940. The maximum Gasteiger partial charge on any atom is 0.131 e. The molecule has 1 aromatic heterocycles. The van der Waals surface area contributed by atoms with Gasteiger partial charge < -0.3 is 10.1 Å². The van der Waals surface area contributed by atoms with Crippen LogP contribution in [-0.4, -0.2) is 19.1 Å².